The van der Waals surface area contributed by atoms with Gasteiger partial charge >= 0.3 is 0 Å². The smallest absolute Gasteiger partial charge is 0.263 e. The normalized spacial score (nSPS) is 19.3. The second-order valence-electron chi connectivity index (χ2n) is 3.65. The van der Waals surface area contributed by atoms with Gasteiger partial charge in [-0.1, -0.05) is 11.6 Å². The zero-order valence-corrected chi connectivity index (χ0v) is 9.15. The van der Waals surface area contributed by atoms with Crippen LogP contribution in [-0.4, -0.2) is 24.8 Å². The molecular formula is C11H13N3O2. The lowest BCUT2D eigenvalue weighted by atomic mass is 10.0. The number of nitrogens with zero attached hydrogens (tertiary/aromatic N) is 1. The lowest BCUT2D eigenvalue weighted by Crippen LogP contribution is -2.37. The van der Waals surface area contributed by atoms with Crippen molar-refractivity contribution in [1.82, 2.24) is 5.43 Å². The van der Waals surface area contributed by atoms with E-state index < -0.39 is 6.04 Å². The summed E-state index contributed by atoms with van der Waals surface area (Å²) in [7, 11) is 1.57. The van der Waals surface area contributed by atoms with Crippen LogP contribution in [0, 0.1) is 6.92 Å². The topological polar surface area (TPSA) is 76.7 Å². The molecule has 0 bridgehead atoms. The Hall–Kier alpha value is -1.88. The van der Waals surface area contributed by atoms with Gasteiger partial charge in [0, 0.05) is 5.56 Å². The van der Waals surface area contributed by atoms with Crippen LogP contribution in [0.3, 0.4) is 0 Å². The molecule has 1 amide bonds. The first kappa shape index (κ1) is 10.6. The number of aryl methyl sites for hydroxylation is 1. The molecule has 0 aromatic heterocycles. The summed E-state index contributed by atoms with van der Waals surface area (Å²) in [4.78, 5) is 11.3. The SMILES string of the molecule is COc1ccc(C)cc1C1=NNC(=O)C1N. The molecule has 1 atom stereocenters. The van der Waals surface area contributed by atoms with Gasteiger partial charge in [-0.25, -0.2) is 5.43 Å². The van der Waals surface area contributed by atoms with Gasteiger partial charge in [0.25, 0.3) is 5.91 Å². The Labute approximate surface area is 93.3 Å². The molecule has 0 radical (unpaired) electrons. The van der Waals surface area contributed by atoms with E-state index in [1.165, 1.54) is 0 Å². The van der Waals surface area contributed by atoms with Crippen molar-refractivity contribution in [3.63, 3.8) is 0 Å². The Bertz CT molecular complexity index is 468. The maximum atomic E-state index is 11.3. The highest BCUT2D eigenvalue weighted by Gasteiger charge is 2.29. The van der Waals surface area contributed by atoms with Crippen molar-refractivity contribution in [2.24, 2.45) is 10.8 Å². The number of benzene rings is 1. The van der Waals surface area contributed by atoms with Crippen molar-refractivity contribution >= 4 is 11.6 Å². The fraction of sp³-hybridized carbons (Fsp3) is 0.273. The molecule has 1 aromatic rings. The molecule has 0 spiro atoms. The summed E-state index contributed by atoms with van der Waals surface area (Å²) in [6.45, 7) is 1.96. The van der Waals surface area contributed by atoms with E-state index in [1.54, 1.807) is 7.11 Å². The summed E-state index contributed by atoms with van der Waals surface area (Å²) in [6.07, 6.45) is 0. The standard InChI is InChI=1S/C11H13N3O2/c1-6-3-4-8(16-2)7(5-6)10-9(12)11(15)14-13-10/h3-5,9H,12H2,1-2H3,(H,14,15). The molecular weight excluding hydrogens is 206 g/mol. The van der Waals surface area contributed by atoms with Crippen LogP contribution in [-0.2, 0) is 4.79 Å². The third-order valence-electron chi connectivity index (χ3n) is 2.49. The number of rotatable bonds is 2. The van der Waals surface area contributed by atoms with Crippen LogP contribution in [0.1, 0.15) is 11.1 Å². The molecule has 1 aromatic carbocycles. The molecule has 3 N–H and O–H groups in total. The van der Waals surface area contributed by atoms with Gasteiger partial charge < -0.3 is 10.5 Å². The first-order chi connectivity index (χ1) is 7.63. The Kier molecular flexibility index (Phi) is 2.62. The Morgan fingerprint density at radius 1 is 1.50 bits per heavy atom. The maximum absolute atomic E-state index is 11.3. The number of nitrogens with two attached hydrogens (primary N) is 1. The van der Waals surface area contributed by atoms with Gasteiger partial charge in [-0.3, -0.25) is 4.79 Å². The number of hydrogen-bond donors (Lipinski definition) is 2. The molecule has 2 rings (SSSR count). The monoisotopic (exact) mass is 219 g/mol. The molecule has 0 saturated carbocycles. The summed E-state index contributed by atoms with van der Waals surface area (Å²) in [5, 5.41) is 3.93. The first-order valence-electron chi connectivity index (χ1n) is 4.91. The lowest BCUT2D eigenvalue weighted by molar-refractivity contribution is -0.120. The average molecular weight is 219 g/mol. The molecule has 1 aliphatic rings. The largest absolute Gasteiger partial charge is 0.496 e. The Morgan fingerprint density at radius 3 is 2.81 bits per heavy atom. The summed E-state index contributed by atoms with van der Waals surface area (Å²) in [6, 6.07) is 4.94. The molecule has 1 heterocycles. The molecule has 1 unspecified atom stereocenters. The van der Waals surface area contributed by atoms with Crippen LogP contribution in [0.25, 0.3) is 0 Å². The van der Waals surface area contributed by atoms with E-state index in [9.17, 15) is 4.79 Å². The van der Waals surface area contributed by atoms with E-state index in [1.807, 2.05) is 25.1 Å². The van der Waals surface area contributed by atoms with Crippen LogP contribution in [0.15, 0.2) is 23.3 Å². The van der Waals surface area contributed by atoms with Gasteiger partial charge in [0.05, 0.1) is 12.8 Å². The van der Waals surface area contributed by atoms with E-state index >= 15 is 0 Å². The molecule has 5 nitrogen and oxygen atoms in total. The highest BCUT2D eigenvalue weighted by atomic mass is 16.5. The summed E-state index contributed by atoms with van der Waals surface area (Å²) in [5.41, 5.74) is 10.4. The van der Waals surface area contributed by atoms with Crippen molar-refractivity contribution < 1.29 is 9.53 Å². The fourth-order valence-corrected chi connectivity index (χ4v) is 1.63. The number of amides is 1. The quantitative estimate of drug-likeness (QED) is 0.744. The summed E-state index contributed by atoms with van der Waals surface area (Å²) >= 11 is 0. The first-order valence-corrected chi connectivity index (χ1v) is 4.91. The third-order valence-corrected chi connectivity index (χ3v) is 2.49. The van der Waals surface area contributed by atoms with Gasteiger partial charge in [-0.05, 0) is 19.1 Å². The highest BCUT2D eigenvalue weighted by Crippen LogP contribution is 2.22. The minimum Gasteiger partial charge on any atom is -0.496 e. The molecule has 5 heteroatoms. The van der Waals surface area contributed by atoms with Gasteiger partial charge in [0.2, 0.25) is 0 Å². The third kappa shape index (κ3) is 1.65. The molecule has 0 fully saturated rings. The van der Waals surface area contributed by atoms with Gasteiger partial charge in [-0.2, -0.15) is 5.10 Å². The number of carbonyl (C=O) groups is 1. The van der Waals surface area contributed by atoms with Crippen molar-refractivity contribution in [2.45, 2.75) is 13.0 Å². The van der Waals surface area contributed by atoms with Crippen molar-refractivity contribution in [3.8, 4) is 5.75 Å². The van der Waals surface area contributed by atoms with E-state index in [2.05, 4.69) is 10.5 Å². The van der Waals surface area contributed by atoms with Crippen molar-refractivity contribution in [3.05, 3.63) is 29.3 Å². The predicted octanol–water partition coefficient (Wildman–Crippen LogP) is 0.165. The minimum atomic E-state index is -0.726. The van der Waals surface area contributed by atoms with E-state index in [-0.39, 0.29) is 5.91 Å². The van der Waals surface area contributed by atoms with Crippen LogP contribution >= 0.6 is 0 Å². The zero-order chi connectivity index (χ0) is 11.7. The van der Waals surface area contributed by atoms with E-state index in [4.69, 9.17) is 10.5 Å². The second-order valence-corrected chi connectivity index (χ2v) is 3.65. The highest BCUT2D eigenvalue weighted by molar-refractivity contribution is 6.20. The Morgan fingerprint density at radius 2 is 2.25 bits per heavy atom. The summed E-state index contributed by atoms with van der Waals surface area (Å²) < 4.78 is 5.22. The van der Waals surface area contributed by atoms with Crippen molar-refractivity contribution in [1.29, 1.82) is 0 Å². The molecule has 84 valence electrons. The minimum absolute atomic E-state index is 0.293. The maximum Gasteiger partial charge on any atom is 0.263 e. The number of methoxy groups -OCH3 is 1. The average Bonchev–Trinajstić information content (AvgIpc) is 2.60. The lowest BCUT2D eigenvalue weighted by Gasteiger charge is -2.10. The van der Waals surface area contributed by atoms with Gasteiger partial charge in [-0.15, -0.1) is 0 Å². The molecule has 16 heavy (non-hydrogen) atoms. The zero-order valence-electron chi connectivity index (χ0n) is 9.15. The summed E-state index contributed by atoms with van der Waals surface area (Å²) in [5.74, 6) is 0.370. The van der Waals surface area contributed by atoms with Gasteiger partial charge in [0.1, 0.15) is 11.8 Å². The van der Waals surface area contributed by atoms with E-state index in [0.717, 1.165) is 11.1 Å². The molecule has 1 aliphatic heterocycles. The second kappa shape index (κ2) is 3.94. The van der Waals surface area contributed by atoms with Crippen molar-refractivity contribution in [2.75, 3.05) is 7.11 Å². The Balaban J connectivity index is 2.47. The van der Waals surface area contributed by atoms with Crippen LogP contribution in [0.5, 0.6) is 5.75 Å². The van der Waals surface area contributed by atoms with Crippen LogP contribution < -0.4 is 15.9 Å². The number of carbonyl (C=O) groups excluding carboxylic acids is 1. The molecule has 0 aliphatic carbocycles. The number of ether oxygens (including phenoxy) is 1. The fourth-order valence-electron chi connectivity index (χ4n) is 1.63. The van der Waals surface area contributed by atoms with E-state index in [0.29, 0.717) is 11.5 Å². The number of hydrogen-bond acceptors (Lipinski definition) is 4. The molecule has 0 saturated heterocycles. The number of hydrazone groups is 1. The van der Waals surface area contributed by atoms with Crippen LogP contribution in [0.4, 0.5) is 0 Å². The van der Waals surface area contributed by atoms with Crippen LogP contribution in [0.2, 0.25) is 0 Å². The predicted molar refractivity (Wildman–Crippen MR) is 60.4 cm³/mol. The number of nitrogens with one attached hydrogen (secondary N) is 1. The van der Waals surface area contributed by atoms with Gasteiger partial charge in [0.15, 0.2) is 0 Å².